The molecule has 6 nitrogen and oxygen atoms in total. The molecule has 0 spiro atoms. The van der Waals surface area contributed by atoms with Crippen LogP contribution in [-0.2, 0) is 15.0 Å². The number of nitrogens with zero attached hydrogens (tertiary/aromatic N) is 3. The van der Waals surface area contributed by atoms with Gasteiger partial charge in [-0.1, -0.05) is 6.92 Å². The third kappa shape index (κ3) is 2.99. The highest BCUT2D eigenvalue weighted by atomic mass is 32.2. The molecule has 7 heteroatoms. The lowest BCUT2D eigenvalue weighted by Gasteiger charge is -2.35. The fraction of sp³-hybridized carbons (Fsp3) is 0.923. The quantitative estimate of drug-likeness (QED) is 0.763. The van der Waals surface area contributed by atoms with E-state index in [2.05, 4.69) is 6.92 Å². The highest BCUT2D eigenvalue weighted by Gasteiger charge is 2.42. The zero-order valence-corrected chi connectivity index (χ0v) is 13.4. The molecule has 2 aliphatic rings. The summed E-state index contributed by atoms with van der Waals surface area (Å²) in [6.45, 7) is 3.68. The Kier molecular flexibility index (Phi) is 4.71. The van der Waals surface area contributed by atoms with E-state index >= 15 is 0 Å². The van der Waals surface area contributed by atoms with Crippen LogP contribution in [0.2, 0.25) is 0 Å². The third-order valence-corrected chi connectivity index (χ3v) is 6.19. The molecule has 0 aliphatic carbocycles. The van der Waals surface area contributed by atoms with E-state index in [1.54, 1.807) is 18.4 Å². The van der Waals surface area contributed by atoms with E-state index in [1.165, 1.54) is 9.21 Å². The molecule has 20 heavy (non-hydrogen) atoms. The molecule has 0 unspecified atom stereocenters. The standard InChI is InChI=1S/C13H25N3O3S/c1-11-6-4-8-15(10-11)20(18,19)16-9-5-7-12(16)13(17)14(2)3/h11-12H,4-10H2,1-3H3/t11-,12+/m0/s1. The molecular weight excluding hydrogens is 278 g/mol. The van der Waals surface area contributed by atoms with E-state index in [-0.39, 0.29) is 5.91 Å². The number of carbonyl (C=O) groups excluding carboxylic acids is 1. The van der Waals surface area contributed by atoms with Gasteiger partial charge in [0.05, 0.1) is 0 Å². The molecule has 1 amide bonds. The van der Waals surface area contributed by atoms with Crippen LogP contribution in [0.15, 0.2) is 0 Å². The van der Waals surface area contributed by atoms with Crippen molar-refractivity contribution in [3.05, 3.63) is 0 Å². The van der Waals surface area contributed by atoms with Gasteiger partial charge in [-0.2, -0.15) is 17.0 Å². The summed E-state index contributed by atoms with van der Waals surface area (Å²) in [5.74, 6) is 0.278. The molecular formula is C13H25N3O3S. The molecule has 2 atom stereocenters. The number of likely N-dealkylation sites (N-methyl/N-ethyl adjacent to an activating group) is 1. The highest BCUT2D eigenvalue weighted by molar-refractivity contribution is 7.86. The number of piperidine rings is 1. The second-order valence-corrected chi connectivity index (χ2v) is 8.00. The van der Waals surface area contributed by atoms with E-state index in [9.17, 15) is 13.2 Å². The lowest BCUT2D eigenvalue weighted by Crippen LogP contribution is -2.52. The van der Waals surface area contributed by atoms with E-state index in [1.807, 2.05) is 0 Å². The van der Waals surface area contributed by atoms with Crippen molar-refractivity contribution in [3.63, 3.8) is 0 Å². The topological polar surface area (TPSA) is 60.9 Å². The summed E-state index contributed by atoms with van der Waals surface area (Å²) in [5.41, 5.74) is 0. The molecule has 2 aliphatic heterocycles. The molecule has 0 aromatic heterocycles. The predicted molar refractivity (Wildman–Crippen MR) is 77.3 cm³/mol. The van der Waals surface area contributed by atoms with Crippen LogP contribution < -0.4 is 0 Å². The maximum atomic E-state index is 12.8. The molecule has 0 saturated carbocycles. The predicted octanol–water partition coefficient (Wildman–Crippen LogP) is 0.516. The summed E-state index contributed by atoms with van der Waals surface area (Å²) in [6, 6.07) is -0.521. The van der Waals surface area contributed by atoms with E-state index < -0.39 is 16.3 Å². The van der Waals surface area contributed by atoms with Gasteiger partial charge in [0.25, 0.3) is 10.2 Å². The molecule has 116 valence electrons. The smallest absolute Gasteiger partial charge is 0.282 e. The molecule has 2 heterocycles. The molecule has 0 radical (unpaired) electrons. The summed E-state index contributed by atoms with van der Waals surface area (Å²) in [5, 5.41) is 0. The zero-order chi connectivity index (χ0) is 14.9. The first kappa shape index (κ1) is 15.7. The first-order valence-electron chi connectivity index (χ1n) is 7.32. The first-order chi connectivity index (χ1) is 9.34. The van der Waals surface area contributed by atoms with Crippen LogP contribution in [0.3, 0.4) is 0 Å². The van der Waals surface area contributed by atoms with Crippen molar-refractivity contribution in [2.75, 3.05) is 33.7 Å². The van der Waals surface area contributed by atoms with E-state index in [0.717, 1.165) is 19.3 Å². The van der Waals surface area contributed by atoms with Crippen LogP contribution in [0, 0.1) is 5.92 Å². The van der Waals surface area contributed by atoms with Gasteiger partial charge in [0.1, 0.15) is 6.04 Å². The summed E-state index contributed by atoms with van der Waals surface area (Å²) >= 11 is 0. The van der Waals surface area contributed by atoms with Crippen LogP contribution in [0.5, 0.6) is 0 Å². The van der Waals surface area contributed by atoms with Crippen molar-refractivity contribution in [2.45, 2.75) is 38.6 Å². The Hall–Kier alpha value is -0.660. The normalized spacial score (nSPS) is 29.6. The fourth-order valence-electron chi connectivity index (χ4n) is 3.07. The molecule has 0 bridgehead atoms. The number of carbonyl (C=O) groups is 1. The Morgan fingerprint density at radius 2 is 1.80 bits per heavy atom. The summed E-state index contributed by atoms with van der Waals surface area (Å²) in [7, 11) is -0.153. The highest BCUT2D eigenvalue weighted by Crippen LogP contribution is 2.27. The van der Waals surface area contributed by atoms with Gasteiger partial charge in [-0.3, -0.25) is 4.79 Å². The number of amides is 1. The van der Waals surface area contributed by atoms with Gasteiger partial charge < -0.3 is 4.90 Å². The third-order valence-electron chi connectivity index (χ3n) is 4.17. The fourth-order valence-corrected chi connectivity index (χ4v) is 5.04. The molecule has 0 N–H and O–H groups in total. The van der Waals surface area contributed by atoms with Crippen LogP contribution in [0.1, 0.15) is 32.6 Å². The maximum Gasteiger partial charge on any atom is 0.282 e. The van der Waals surface area contributed by atoms with E-state index in [4.69, 9.17) is 0 Å². The Balaban J connectivity index is 2.17. The second kappa shape index (κ2) is 5.99. The van der Waals surface area contributed by atoms with E-state index in [0.29, 0.717) is 32.0 Å². The van der Waals surface area contributed by atoms with Crippen LogP contribution >= 0.6 is 0 Å². The molecule has 0 aromatic carbocycles. The Labute approximate surface area is 121 Å². The minimum atomic E-state index is -3.50. The van der Waals surface area contributed by atoms with Crippen molar-refractivity contribution in [3.8, 4) is 0 Å². The summed E-state index contributed by atoms with van der Waals surface area (Å²) in [6.07, 6.45) is 3.36. The van der Waals surface area contributed by atoms with Gasteiger partial charge in [0.2, 0.25) is 5.91 Å². The largest absolute Gasteiger partial charge is 0.347 e. The van der Waals surface area contributed by atoms with Gasteiger partial charge in [-0.05, 0) is 31.6 Å². The molecule has 0 aromatic rings. The second-order valence-electron chi connectivity index (χ2n) is 6.11. The minimum Gasteiger partial charge on any atom is -0.347 e. The van der Waals surface area contributed by atoms with Gasteiger partial charge >= 0.3 is 0 Å². The van der Waals surface area contributed by atoms with Crippen molar-refractivity contribution in [1.29, 1.82) is 0 Å². The number of hydrogen-bond donors (Lipinski definition) is 0. The molecule has 2 fully saturated rings. The minimum absolute atomic E-state index is 0.115. The number of hydrogen-bond acceptors (Lipinski definition) is 3. The molecule has 2 saturated heterocycles. The summed E-state index contributed by atoms with van der Waals surface area (Å²) in [4.78, 5) is 13.6. The molecule has 2 rings (SSSR count). The van der Waals surface area contributed by atoms with Gasteiger partial charge in [0, 0.05) is 33.7 Å². The average molecular weight is 303 g/mol. The Morgan fingerprint density at radius 3 is 2.40 bits per heavy atom. The van der Waals surface area contributed by atoms with Crippen LogP contribution in [-0.4, -0.2) is 67.6 Å². The van der Waals surface area contributed by atoms with Crippen molar-refractivity contribution in [2.24, 2.45) is 5.92 Å². The Morgan fingerprint density at radius 1 is 1.15 bits per heavy atom. The van der Waals surface area contributed by atoms with Gasteiger partial charge in [-0.25, -0.2) is 0 Å². The Bertz CT molecular complexity index is 463. The summed E-state index contributed by atoms with van der Waals surface area (Å²) < 4.78 is 28.5. The van der Waals surface area contributed by atoms with Crippen LogP contribution in [0.25, 0.3) is 0 Å². The lowest BCUT2D eigenvalue weighted by molar-refractivity contribution is -0.132. The van der Waals surface area contributed by atoms with Gasteiger partial charge in [0.15, 0.2) is 0 Å². The first-order valence-corrected chi connectivity index (χ1v) is 8.72. The van der Waals surface area contributed by atoms with Crippen molar-refractivity contribution < 1.29 is 13.2 Å². The van der Waals surface area contributed by atoms with Gasteiger partial charge in [-0.15, -0.1) is 0 Å². The van der Waals surface area contributed by atoms with Crippen molar-refractivity contribution in [1.82, 2.24) is 13.5 Å². The SMILES string of the molecule is C[C@H]1CCCN(S(=O)(=O)N2CCC[C@@H]2C(=O)N(C)C)C1. The van der Waals surface area contributed by atoms with Crippen molar-refractivity contribution >= 4 is 16.1 Å². The average Bonchev–Trinajstić information content (AvgIpc) is 2.87. The van der Waals surface area contributed by atoms with Crippen LogP contribution in [0.4, 0.5) is 0 Å². The lowest BCUT2D eigenvalue weighted by atomic mass is 10.0. The number of rotatable bonds is 3. The monoisotopic (exact) mass is 303 g/mol. The zero-order valence-electron chi connectivity index (χ0n) is 12.6. The maximum absolute atomic E-state index is 12.8.